The maximum atomic E-state index is 12.5. The van der Waals surface area contributed by atoms with Crippen molar-refractivity contribution in [2.75, 3.05) is 25.9 Å². The van der Waals surface area contributed by atoms with Crippen LogP contribution in [0, 0.1) is 0 Å². The van der Waals surface area contributed by atoms with E-state index >= 15 is 0 Å². The van der Waals surface area contributed by atoms with Gasteiger partial charge < -0.3 is 5.32 Å². The van der Waals surface area contributed by atoms with Crippen molar-refractivity contribution < 1.29 is 35.2 Å². The number of alkyl halides is 5. The minimum absolute atomic E-state index is 0.0828. The summed E-state index contributed by atoms with van der Waals surface area (Å²) in [7, 11) is -3.47. The molecule has 0 atom stereocenters. The minimum atomic E-state index is -5.96. The second-order valence-corrected chi connectivity index (χ2v) is 5.92. The highest BCUT2D eigenvalue weighted by Gasteiger charge is 2.63. The van der Waals surface area contributed by atoms with Crippen LogP contribution in [0.4, 0.5) is 22.0 Å². The molecule has 0 spiro atoms. The summed E-state index contributed by atoms with van der Waals surface area (Å²) in [6.45, 7) is 1.09. The first kappa shape index (κ1) is 19.0. The Balaban J connectivity index is 4.31. The van der Waals surface area contributed by atoms with E-state index in [1.165, 1.54) is 12.2 Å². The van der Waals surface area contributed by atoms with Crippen LogP contribution in [0.2, 0.25) is 0 Å². The Hall–Kier alpha value is -0.970. The van der Waals surface area contributed by atoms with Gasteiger partial charge in [-0.2, -0.15) is 22.0 Å². The van der Waals surface area contributed by atoms with E-state index in [9.17, 15) is 35.2 Å². The van der Waals surface area contributed by atoms with Crippen molar-refractivity contribution in [2.45, 2.75) is 25.4 Å². The van der Waals surface area contributed by atoms with Crippen molar-refractivity contribution in [3.8, 4) is 0 Å². The van der Waals surface area contributed by atoms with Gasteiger partial charge in [-0.15, -0.1) is 0 Å². The Morgan fingerprint density at radius 2 is 1.70 bits per heavy atom. The fourth-order valence-corrected chi connectivity index (χ4v) is 2.19. The quantitative estimate of drug-likeness (QED) is 0.560. The summed E-state index contributed by atoms with van der Waals surface area (Å²) < 4.78 is 83.8. The summed E-state index contributed by atoms with van der Waals surface area (Å²) >= 11 is 0. The molecule has 1 N–H and O–H groups in total. The molecular weight excluding hydrogens is 311 g/mol. The van der Waals surface area contributed by atoms with Gasteiger partial charge in [-0.05, 0) is 6.42 Å². The van der Waals surface area contributed by atoms with E-state index in [0.29, 0.717) is 0 Å². The summed E-state index contributed by atoms with van der Waals surface area (Å²) in [5.74, 6) is -7.92. The van der Waals surface area contributed by atoms with Crippen molar-refractivity contribution in [1.82, 2.24) is 9.62 Å². The van der Waals surface area contributed by atoms with E-state index in [2.05, 4.69) is 0 Å². The molecule has 0 saturated heterocycles. The molecule has 0 aliphatic carbocycles. The Labute approximate surface area is 113 Å². The zero-order valence-electron chi connectivity index (χ0n) is 10.8. The van der Waals surface area contributed by atoms with Crippen LogP contribution in [0.15, 0.2) is 0 Å². The third kappa shape index (κ3) is 5.19. The van der Waals surface area contributed by atoms with Gasteiger partial charge in [0.15, 0.2) is 0 Å². The van der Waals surface area contributed by atoms with E-state index < -0.39 is 34.6 Å². The van der Waals surface area contributed by atoms with Crippen LogP contribution in [0.3, 0.4) is 0 Å². The first-order valence-electron chi connectivity index (χ1n) is 5.52. The van der Waals surface area contributed by atoms with Crippen molar-refractivity contribution >= 4 is 15.9 Å². The lowest BCUT2D eigenvalue weighted by molar-refractivity contribution is -0.269. The highest BCUT2D eigenvalue weighted by molar-refractivity contribution is 7.88. The van der Waals surface area contributed by atoms with Crippen molar-refractivity contribution in [3.63, 3.8) is 0 Å². The van der Waals surface area contributed by atoms with Crippen LogP contribution in [0.5, 0.6) is 0 Å². The monoisotopic (exact) mass is 326 g/mol. The molecule has 0 aromatic heterocycles. The van der Waals surface area contributed by atoms with E-state index in [1.54, 1.807) is 0 Å². The van der Waals surface area contributed by atoms with Gasteiger partial charge >= 0.3 is 12.1 Å². The van der Waals surface area contributed by atoms with Crippen LogP contribution in [-0.2, 0) is 14.8 Å². The number of nitrogens with one attached hydrogen (secondary N) is 1. The molecule has 0 heterocycles. The molecule has 120 valence electrons. The van der Waals surface area contributed by atoms with E-state index in [4.69, 9.17) is 0 Å². The van der Waals surface area contributed by atoms with Crippen LogP contribution < -0.4 is 5.32 Å². The number of carbonyl (C=O) groups is 1. The second-order valence-electron chi connectivity index (χ2n) is 3.94. The Kier molecular flexibility index (Phi) is 6.33. The fraction of sp³-hybridized carbons (Fsp3) is 0.889. The van der Waals surface area contributed by atoms with Gasteiger partial charge in [0.25, 0.3) is 5.91 Å². The van der Waals surface area contributed by atoms with Gasteiger partial charge in [-0.1, -0.05) is 6.92 Å². The van der Waals surface area contributed by atoms with Gasteiger partial charge in [-0.3, -0.25) is 4.79 Å². The predicted octanol–water partition coefficient (Wildman–Crippen LogP) is 0.972. The molecule has 0 unspecified atom stereocenters. The molecule has 0 rings (SSSR count). The maximum Gasteiger partial charge on any atom is 0.463 e. The van der Waals surface area contributed by atoms with Crippen LogP contribution >= 0.6 is 0 Å². The summed E-state index contributed by atoms with van der Waals surface area (Å²) in [4.78, 5) is 10.7. The number of carbonyl (C=O) groups excluding carboxylic acids is 1. The molecule has 11 heteroatoms. The van der Waals surface area contributed by atoms with Gasteiger partial charge in [0.05, 0.1) is 6.26 Å². The molecule has 0 aliphatic rings. The number of amides is 1. The van der Waals surface area contributed by atoms with Gasteiger partial charge in [0.2, 0.25) is 10.0 Å². The van der Waals surface area contributed by atoms with Crippen LogP contribution in [0.25, 0.3) is 0 Å². The van der Waals surface area contributed by atoms with E-state index in [1.807, 2.05) is 0 Å². The molecule has 0 saturated carbocycles. The molecule has 0 fully saturated rings. The largest absolute Gasteiger partial charge is 0.463 e. The average molecular weight is 326 g/mol. The average Bonchev–Trinajstić information content (AvgIpc) is 2.25. The lowest BCUT2D eigenvalue weighted by atomic mass is 10.3. The number of hydrogen-bond donors (Lipinski definition) is 1. The molecule has 5 nitrogen and oxygen atoms in total. The lowest BCUT2D eigenvalue weighted by Gasteiger charge is -2.20. The molecule has 0 aromatic rings. The number of sulfonamides is 1. The SMILES string of the molecule is CCN(CCCNC(=O)C(F)(F)C(F)(F)F)S(C)(=O)=O. The summed E-state index contributed by atoms with van der Waals surface area (Å²) in [6.07, 6.45) is -5.10. The maximum absolute atomic E-state index is 12.5. The summed E-state index contributed by atoms with van der Waals surface area (Å²) in [6, 6.07) is 0. The van der Waals surface area contributed by atoms with Crippen molar-refractivity contribution in [1.29, 1.82) is 0 Å². The number of nitrogens with zero attached hydrogens (tertiary/aromatic N) is 1. The Bertz CT molecular complexity index is 435. The highest BCUT2D eigenvalue weighted by atomic mass is 32.2. The first-order chi connectivity index (χ1) is 8.84. The standard InChI is InChI=1S/C9H15F5N2O3S/c1-3-16(20(2,18)19)6-4-5-15-7(17)8(10,11)9(12,13)14/h3-6H2,1-2H3,(H,15,17). The van der Waals surface area contributed by atoms with Gasteiger partial charge in [0, 0.05) is 19.6 Å². The number of rotatable bonds is 7. The Morgan fingerprint density at radius 1 is 1.20 bits per heavy atom. The number of hydrogen-bond acceptors (Lipinski definition) is 3. The smallest absolute Gasteiger partial charge is 0.351 e. The summed E-state index contributed by atoms with van der Waals surface area (Å²) in [5.41, 5.74) is 0. The van der Waals surface area contributed by atoms with Crippen LogP contribution in [0.1, 0.15) is 13.3 Å². The summed E-state index contributed by atoms with van der Waals surface area (Å²) in [5, 5.41) is 1.43. The first-order valence-corrected chi connectivity index (χ1v) is 7.36. The third-order valence-electron chi connectivity index (χ3n) is 2.33. The van der Waals surface area contributed by atoms with Gasteiger partial charge in [-0.25, -0.2) is 12.7 Å². The topological polar surface area (TPSA) is 66.5 Å². The van der Waals surface area contributed by atoms with Gasteiger partial charge in [0.1, 0.15) is 0 Å². The molecular formula is C9H15F5N2O3S. The van der Waals surface area contributed by atoms with Crippen molar-refractivity contribution in [2.24, 2.45) is 0 Å². The Morgan fingerprint density at radius 3 is 2.05 bits per heavy atom. The van der Waals surface area contributed by atoms with E-state index in [-0.39, 0.29) is 19.5 Å². The lowest BCUT2D eigenvalue weighted by Crippen LogP contribution is -2.50. The zero-order valence-corrected chi connectivity index (χ0v) is 11.6. The molecule has 0 aromatic carbocycles. The molecule has 0 aliphatic heterocycles. The zero-order chi connectivity index (χ0) is 16.2. The van der Waals surface area contributed by atoms with Crippen molar-refractivity contribution in [3.05, 3.63) is 0 Å². The second kappa shape index (κ2) is 6.66. The van der Waals surface area contributed by atoms with E-state index in [0.717, 1.165) is 10.6 Å². The molecule has 20 heavy (non-hydrogen) atoms. The predicted molar refractivity (Wildman–Crippen MR) is 60.7 cm³/mol. The van der Waals surface area contributed by atoms with Crippen LogP contribution in [-0.4, -0.2) is 56.6 Å². The fourth-order valence-electron chi connectivity index (χ4n) is 1.26. The molecule has 0 radical (unpaired) electrons. The normalized spacial score (nSPS) is 13.6. The number of halogens is 5. The highest BCUT2D eigenvalue weighted by Crippen LogP contribution is 2.35. The minimum Gasteiger partial charge on any atom is -0.351 e. The third-order valence-corrected chi connectivity index (χ3v) is 3.71. The molecule has 1 amide bonds. The molecule has 0 bridgehead atoms.